The predicted octanol–water partition coefficient (Wildman–Crippen LogP) is 4.74. The Kier molecular flexibility index (Phi) is 5.05. The van der Waals surface area contributed by atoms with Gasteiger partial charge in [-0.15, -0.1) is 0 Å². The summed E-state index contributed by atoms with van der Waals surface area (Å²) in [6, 6.07) is 0. The second-order valence-corrected chi connectivity index (χ2v) is 10.3. The van der Waals surface area contributed by atoms with E-state index in [2.05, 4.69) is 53.7 Å². The van der Waals surface area contributed by atoms with Gasteiger partial charge in [-0.25, -0.2) is 0 Å². The van der Waals surface area contributed by atoms with Crippen LogP contribution in [0.5, 0.6) is 0 Å². The van der Waals surface area contributed by atoms with Crippen LogP contribution in [0.1, 0.15) is 48.5 Å². The van der Waals surface area contributed by atoms with Crippen molar-refractivity contribution in [2.75, 3.05) is 13.2 Å². The molecule has 3 heteroatoms. The second-order valence-electron chi connectivity index (χ2n) is 5.69. The third-order valence-corrected chi connectivity index (χ3v) is 9.96. The van der Waals surface area contributed by atoms with Crippen molar-refractivity contribution in [2.45, 2.75) is 53.7 Å². The molecule has 0 saturated carbocycles. The maximum atomic E-state index is 6.14. The van der Waals surface area contributed by atoms with Gasteiger partial charge in [0.05, 0.1) is 0 Å². The van der Waals surface area contributed by atoms with Gasteiger partial charge in [0.1, 0.15) is 0 Å². The molecule has 0 aromatic rings. The molecule has 1 rings (SSSR count). The second kappa shape index (κ2) is 5.62. The molecule has 0 atom stereocenters. The number of hydrogen-bond acceptors (Lipinski definition) is 2. The van der Waals surface area contributed by atoms with Crippen LogP contribution in [0.3, 0.4) is 0 Å². The van der Waals surface area contributed by atoms with Gasteiger partial charge in [-0.05, 0) is 0 Å². The van der Waals surface area contributed by atoms with Crippen LogP contribution in [0.25, 0.3) is 0 Å². The third kappa shape index (κ3) is 2.53. The monoisotopic (exact) mass is 288 g/mol. The van der Waals surface area contributed by atoms with E-state index >= 15 is 0 Å². The van der Waals surface area contributed by atoms with Crippen LogP contribution < -0.4 is 0 Å². The summed E-state index contributed by atoms with van der Waals surface area (Å²) in [5.41, 5.74) is 4.38. The van der Waals surface area contributed by atoms with E-state index in [0.29, 0.717) is 0 Å². The first kappa shape index (κ1) is 16.2. The van der Waals surface area contributed by atoms with Gasteiger partial charge < -0.3 is 0 Å². The molecule has 0 unspecified atom stereocenters. The summed E-state index contributed by atoms with van der Waals surface area (Å²) in [5.74, 6) is 0. The van der Waals surface area contributed by atoms with Crippen molar-refractivity contribution in [3.05, 3.63) is 20.6 Å². The Labute approximate surface area is 117 Å². The average molecular weight is 288 g/mol. The van der Waals surface area contributed by atoms with Crippen LogP contribution in [0.2, 0.25) is 5.23 Å². The molecule has 0 bridgehead atoms. The predicted molar refractivity (Wildman–Crippen MR) is 74.0 cm³/mol. The van der Waals surface area contributed by atoms with Crippen molar-refractivity contribution in [1.82, 2.24) is 0 Å². The molecule has 0 aromatic carbocycles. The van der Waals surface area contributed by atoms with Crippen molar-refractivity contribution >= 4 is 0 Å². The zero-order valence-electron chi connectivity index (χ0n) is 13.2. The summed E-state index contributed by atoms with van der Waals surface area (Å²) in [7, 11) is 0. The fraction of sp³-hybridized carbons (Fsp3) is 0.733. The zero-order chi connectivity index (χ0) is 14.1. The van der Waals surface area contributed by atoms with Crippen molar-refractivity contribution in [2.24, 2.45) is 5.41 Å². The Bertz CT molecular complexity index is 385. The molecule has 0 aliphatic heterocycles. The molecule has 18 heavy (non-hydrogen) atoms. The normalized spacial score (nSPS) is 20.0. The quantitative estimate of drug-likeness (QED) is 0.680. The number of hydrogen-bond donors (Lipinski definition) is 0. The van der Waals surface area contributed by atoms with E-state index in [-0.39, 0.29) is 5.41 Å². The van der Waals surface area contributed by atoms with Gasteiger partial charge in [-0.3, -0.25) is 0 Å². The van der Waals surface area contributed by atoms with E-state index in [4.69, 9.17) is 6.64 Å². The van der Waals surface area contributed by atoms with Gasteiger partial charge in [0.2, 0.25) is 0 Å². The van der Waals surface area contributed by atoms with Gasteiger partial charge in [0.15, 0.2) is 0 Å². The van der Waals surface area contributed by atoms with Crippen LogP contribution >= 0.6 is 0 Å². The first-order valence-corrected chi connectivity index (χ1v) is 10.5. The van der Waals surface area contributed by atoms with Crippen LogP contribution in [0, 0.1) is 5.41 Å². The molecule has 104 valence electrons. The maximum absolute atomic E-state index is 6.14. The Hall–Kier alpha value is 0.114. The van der Waals surface area contributed by atoms with E-state index in [1.165, 1.54) is 20.6 Å². The van der Waals surface area contributed by atoms with Crippen molar-refractivity contribution in [1.29, 1.82) is 0 Å². The zero-order valence-corrected chi connectivity index (χ0v) is 14.8. The Morgan fingerprint density at radius 3 is 1.67 bits per heavy atom. The van der Waals surface area contributed by atoms with Gasteiger partial charge in [-0.1, -0.05) is 0 Å². The van der Waals surface area contributed by atoms with Gasteiger partial charge >= 0.3 is 117 Å². The molecule has 0 aromatic heterocycles. The molecule has 0 fully saturated rings. The van der Waals surface area contributed by atoms with E-state index < -0.39 is 17.4 Å². The topological polar surface area (TPSA) is 18.5 Å². The summed E-state index contributed by atoms with van der Waals surface area (Å²) in [5, 5.41) is 2.24. The molecule has 0 radical (unpaired) electrons. The molecule has 1 aliphatic rings. The summed E-state index contributed by atoms with van der Waals surface area (Å²) in [6.45, 7) is 16.9. The Morgan fingerprint density at radius 2 is 1.39 bits per heavy atom. The molecule has 0 amide bonds. The Morgan fingerprint density at radius 1 is 0.944 bits per heavy atom. The molecule has 0 heterocycles. The fourth-order valence-corrected chi connectivity index (χ4v) is 8.96. The van der Waals surface area contributed by atoms with Crippen molar-refractivity contribution in [3.63, 3.8) is 0 Å². The Balaban J connectivity index is 3.31. The van der Waals surface area contributed by atoms with Gasteiger partial charge in [0, 0.05) is 0 Å². The SMILES string of the molecule is CC[O][Ti]([CH3])([O]CC)[C]1=C(C)C(C)=C(C)C1(C)C. The van der Waals surface area contributed by atoms with Crippen LogP contribution in [0.4, 0.5) is 0 Å². The van der Waals surface area contributed by atoms with Gasteiger partial charge in [-0.2, -0.15) is 0 Å². The van der Waals surface area contributed by atoms with E-state index in [0.717, 1.165) is 13.2 Å². The summed E-state index contributed by atoms with van der Waals surface area (Å²) in [4.78, 5) is 0. The van der Waals surface area contributed by atoms with E-state index in [1.807, 2.05) is 0 Å². The average Bonchev–Trinajstić information content (AvgIpc) is 2.40. The summed E-state index contributed by atoms with van der Waals surface area (Å²) < 4.78 is 13.7. The van der Waals surface area contributed by atoms with Crippen molar-refractivity contribution < 1.29 is 24.0 Å². The minimum absolute atomic E-state index is 0.0905. The fourth-order valence-electron chi connectivity index (χ4n) is 3.24. The molecule has 0 N–H and O–H groups in total. The van der Waals surface area contributed by atoms with E-state index in [1.54, 1.807) is 0 Å². The van der Waals surface area contributed by atoms with Crippen LogP contribution in [0.15, 0.2) is 20.6 Å². The number of rotatable bonds is 5. The van der Waals surface area contributed by atoms with E-state index in [9.17, 15) is 0 Å². The molecule has 2 nitrogen and oxygen atoms in total. The minimum atomic E-state index is -2.84. The first-order valence-electron chi connectivity index (χ1n) is 6.90. The molecular formula is C15H28O2Ti. The van der Waals surface area contributed by atoms with Crippen molar-refractivity contribution in [3.8, 4) is 0 Å². The molecule has 0 spiro atoms. The molecule has 1 aliphatic carbocycles. The molecular weight excluding hydrogens is 260 g/mol. The molecule has 0 saturated heterocycles. The third-order valence-electron chi connectivity index (χ3n) is 4.36. The summed E-state index contributed by atoms with van der Waals surface area (Å²) in [6.07, 6.45) is 0. The number of allylic oxidation sites excluding steroid dienone is 4. The van der Waals surface area contributed by atoms with Gasteiger partial charge in [0.25, 0.3) is 0 Å². The first-order chi connectivity index (χ1) is 8.22. The van der Waals surface area contributed by atoms with Crippen LogP contribution in [-0.4, -0.2) is 13.2 Å². The van der Waals surface area contributed by atoms with Crippen LogP contribution in [-0.2, 0) is 24.0 Å². The summed E-state index contributed by atoms with van der Waals surface area (Å²) >= 11 is -2.84. The standard InChI is InChI=1S/C10H15.2C2H5O.CH3.Ti/c1-7-6-10(4,5)9(3)8(7)2;2*1-2-3;;/h1-5H3;2*2H2,1H3;1H3;/q;2*-1;;+2.